The first kappa shape index (κ1) is 32.5. The van der Waals surface area contributed by atoms with Gasteiger partial charge < -0.3 is 19.3 Å². The summed E-state index contributed by atoms with van der Waals surface area (Å²) in [5, 5.41) is 11.1. The Balaban J connectivity index is 1.69. The number of carbonyl (C=O) groups excluding carboxylic acids is 3. The highest BCUT2D eigenvalue weighted by Gasteiger charge is 2.72. The van der Waals surface area contributed by atoms with Gasteiger partial charge in [0.05, 0.1) is 11.5 Å². The molecule has 43 heavy (non-hydrogen) atoms. The zero-order valence-corrected chi connectivity index (χ0v) is 28.3. The summed E-state index contributed by atoms with van der Waals surface area (Å²) in [6, 6.07) is 0. The fourth-order valence-corrected chi connectivity index (χ4v) is 11.8. The van der Waals surface area contributed by atoms with Crippen LogP contribution in [0.15, 0.2) is 11.6 Å². The molecule has 0 unspecified atom stereocenters. The Morgan fingerprint density at radius 3 is 2.00 bits per heavy atom. The molecule has 5 aliphatic carbocycles. The zero-order valence-electron chi connectivity index (χ0n) is 28.3. The second-order valence-corrected chi connectivity index (χ2v) is 17.1. The number of fused-ring (bicyclic) bond motifs is 7. The predicted octanol–water partition coefficient (Wildman–Crippen LogP) is 6.80. The van der Waals surface area contributed by atoms with Crippen LogP contribution in [0.3, 0.4) is 0 Å². The largest absolute Gasteiger partial charge is 0.465 e. The van der Waals surface area contributed by atoms with E-state index < -0.39 is 23.6 Å². The molecule has 5 aliphatic rings. The average Bonchev–Trinajstić information content (AvgIpc) is 2.85. The fraction of sp³-hybridized carbons (Fsp3) is 0.861. The normalized spacial score (nSPS) is 46.1. The molecule has 0 aliphatic heterocycles. The van der Waals surface area contributed by atoms with Crippen molar-refractivity contribution < 1.29 is 33.7 Å². The number of allylic oxidation sites excluding steroid dienone is 2. The number of rotatable bonds is 4. The third-order valence-electron chi connectivity index (χ3n) is 14.0. The summed E-state index contributed by atoms with van der Waals surface area (Å²) < 4.78 is 18.3. The molecule has 1 N–H and O–H groups in total. The van der Waals surface area contributed by atoms with Gasteiger partial charge in [-0.15, -0.1) is 0 Å². The minimum Gasteiger partial charge on any atom is -0.465 e. The molecular formula is C36H56O7. The third kappa shape index (κ3) is 4.72. The van der Waals surface area contributed by atoms with Crippen LogP contribution in [0.25, 0.3) is 0 Å². The highest BCUT2D eigenvalue weighted by molar-refractivity contribution is 5.68. The van der Waals surface area contributed by atoms with Crippen LogP contribution in [0.1, 0.15) is 121 Å². The second kappa shape index (κ2) is 10.3. The zero-order chi connectivity index (χ0) is 32.0. The molecule has 0 aromatic rings. The van der Waals surface area contributed by atoms with Crippen LogP contribution in [0.2, 0.25) is 0 Å². The molecule has 7 heteroatoms. The van der Waals surface area contributed by atoms with E-state index in [1.165, 1.54) is 26.3 Å². The average molecular weight is 601 g/mol. The standard InChI is InChI=1S/C36H56O7/c1-21(37)41-20-36-25(17-31(4,5)18-29(36)42-22(2)38)24-11-12-27-33(8)15-14-28(40)32(6,7)26(33)13-16-34(27,9)35(24,10)19-30(36)43-23(3)39/h11,25-30,40H,12-20H2,1-10H3/t25-,26-,27+,28-,29-,30-,33-,34+,35+,36+/m0/s1. The smallest absolute Gasteiger partial charge is 0.302 e. The molecule has 7 nitrogen and oxygen atoms in total. The molecule has 0 bridgehead atoms. The monoisotopic (exact) mass is 600 g/mol. The Bertz CT molecular complexity index is 1200. The topological polar surface area (TPSA) is 99.1 Å². The lowest BCUT2D eigenvalue weighted by atomic mass is 9.33. The van der Waals surface area contributed by atoms with Crippen molar-refractivity contribution in [1.29, 1.82) is 0 Å². The molecule has 0 amide bonds. The summed E-state index contributed by atoms with van der Waals surface area (Å²) in [6.45, 7) is 20.6. The van der Waals surface area contributed by atoms with Crippen LogP contribution in [0.5, 0.6) is 0 Å². The Morgan fingerprint density at radius 1 is 0.814 bits per heavy atom. The first-order valence-electron chi connectivity index (χ1n) is 16.6. The van der Waals surface area contributed by atoms with Crippen LogP contribution >= 0.6 is 0 Å². The lowest BCUT2D eigenvalue weighted by Gasteiger charge is -2.72. The lowest BCUT2D eigenvalue weighted by molar-refractivity contribution is -0.246. The molecule has 4 saturated carbocycles. The van der Waals surface area contributed by atoms with Crippen molar-refractivity contribution in [3.63, 3.8) is 0 Å². The molecule has 242 valence electrons. The lowest BCUT2D eigenvalue weighted by Crippen LogP contribution is -2.70. The Hall–Kier alpha value is -1.89. The van der Waals surface area contributed by atoms with Crippen LogP contribution in [-0.2, 0) is 28.6 Å². The van der Waals surface area contributed by atoms with Gasteiger partial charge in [-0.25, -0.2) is 0 Å². The van der Waals surface area contributed by atoms with E-state index in [0.29, 0.717) is 24.7 Å². The van der Waals surface area contributed by atoms with Crippen molar-refractivity contribution in [2.45, 2.75) is 139 Å². The predicted molar refractivity (Wildman–Crippen MR) is 164 cm³/mol. The van der Waals surface area contributed by atoms with Gasteiger partial charge >= 0.3 is 17.9 Å². The van der Waals surface area contributed by atoms with E-state index in [4.69, 9.17) is 14.2 Å². The number of ether oxygens (including phenoxy) is 3. The summed E-state index contributed by atoms with van der Waals surface area (Å²) in [6.07, 6.45) is 7.96. The summed E-state index contributed by atoms with van der Waals surface area (Å²) >= 11 is 0. The maximum absolute atomic E-state index is 12.8. The highest BCUT2D eigenvalue weighted by atomic mass is 16.6. The Labute approximate surface area is 258 Å². The van der Waals surface area contributed by atoms with Crippen molar-refractivity contribution >= 4 is 17.9 Å². The van der Waals surface area contributed by atoms with Gasteiger partial charge in [-0.05, 0) is 96.2 Å². The molecule has 0 radical (unpaired) electrons. The number of hydrogen-bond acceptors (Lipinski definition) is 7. The van der Waals surface area contributed by atoms with Crippen LogP contribution in [0, 0.1) is 50.2 Å². The van der Waals surface area contributed by atoms with Crippen molar-refractivity contribution in [3.05, 3.63) is 11.6 Å². The SMILES string of the molecule is CC(=O)OC[C@]12[C@@H](OC(C)=O)CC(C)(C)C[C@H]1C1=CC[C@@H]3[C@@]4(C)CC[C@H](O)C(C)(C)[C@@H]4CC[C@@]3(C)[C@]1(C)C[C@@H]2OC(C)=O. The fourth-order valence-electron chi connectivity index (χ4n) is 11.8. The molecule has 0 heterocycles. The summed E-state index contributed by atoms with van der Waals surface area (Å²) in [5.41, 5.74) is -0.0515. The van der Waals surface area contributed by atoms with Gasteiger partial charge in [-0.2, -0.15) is 0 Å². The minimum absolute atomic E-state index is 0.0401. The van der Waals surface area contributed by atoms with Crippen molar-refractivity contribution in [1.82, 2.24) is 0 Å². The molecule has 0 aromatic heterocycles. The number of hydrogen-bond donors (Lipinski definition) is 1. The van der Waals surface area contributed by atoms with Gasteiger partial charge in [-0.1, -0.05) is 60.1 Å². The molecule has 4 fully saturated rings. The highest BCUT2D eigenvalue weighted by Crippen LogP contribution is 2.76. The van der Waals surface area contributed by atoms with Crippen molar-refractivity contribution in [2.75, 3.05) is 6.61 Å². The van der Waals surface area contributed by atoms with Gasteiger partial charge in [0.25, 0.3) is 0 Å². The van der Waals surface area contributed by atoms with E-state index in [-0.39, 0.29) is 57.6 Å². The Kier molecular flexibility index (Phi) is 7.80. The maximum atomic E-state index is 12.8. The van der Waals surface area contributed by atoms with Gasteiger partial charge in [0.1, 0.15) is 18.8 Å². The summed E-state index contributed by atoms with van der Waals surface area (Å²) in [5.74, 6) is -0.387. The van der Waals surface area contributed by atoms with Crippen LogP contribution in [0.4, 0.5) is 0 Å². The van der Waals surface area contributed by atoms with E-state index in [9.17, 15) is 19.5 Å². The van der Waals surface area contributed by atoms with Gasteiger partial charge in [-0.3, -0.25) is 14.4 Å². The van der Waals surface area contributed by atoms with E-state index in [0.717, 1.165) is 38.5 Å². The minimum atomic E-state index is -0.870. The summed E-state index contributed by atoms with van der Waals surface area (Å²) in [7, 11) is 0. The van der Waals surface area contributed by atoms with E-state index in [1.807, 2.05) is 0 Å². The third-order valence-corrected chi connectivity index (χ3v) is 14.0. The quantitative estimate of drug-likeness (QED) is 0.215. The number of esters is 3. The molecule has 0 spiro atoms. The number of carbonyl (C=O) groups is 3. The molecule has 5 rings (SSSR count). The molecule has 0 saturated heterocycles. The molecule has 10 atom stereocenters. The van der Waals surface area contributed by atoms with Crippen LogP contribution < -0.4 is 0 Å². The molecular weight excluding hydrogens is 544 g/mol. The Morgan fingerprint density at radius 2 is 1.42 bits per heavy atom. The second-order valence-electron chi connectivity index (χ2n) is 17.1. The van der Waals surface area contributed by atoms with Crippen LogP contribution in [-0.4, -0.2) is 47.9 Å². The number of aliphatic hydroxyl groups is 1. The number of aliphatic hydroxyl groups excluding tert-OH is 1. The summed E-state index contributed by atoms with van der Waals surface area (Å²) in [4.78, 5) is 37.7. The van der Waals surface area contributed by atoms with Gasteiger partial charge in [0.2, 0.25) is 0 Å². The van der Waals surface area contributed by atoms with Crippen molar-refractivity contribution in [3.8, 4) is 0 Å². The van der Waals surface area contributed by atoms with Gasteiger partial charge in [0.15, 0.2) is 0 Å². The first-order chi connectivity index (χ1) is 19.7. The maximum Gasteiger partial charge on any atom is 0.302 e. The first-order valence-corrected chi connectivity index (χ1v) is 16.6. The van der Waals surface area contributed by atoms with Crippen molar-refractivity contribution in [2.24, 2.45) is 50.2 Å². The van der Waals surface area contributed by atoms with E-state index in [2.05, 4.69) is 54.5 Å². The van der Waals surface area contributed by atoms with Gasteiger partial charge in [0, 0.05) is 20.8 Å². The van der Waals surface area contributed by atoms with E-state index >= 15 is 0 Å². The van der Waals surface area contributed by atoms with E-state index in [1.54, 1.807) is 0 Å². The molecule has 0 aromatic carbocycles.